The molecule has 0 bridgehead atoms. The van der Waals surface area contributed by atoms with Crippen LogP contribution in [0.15, 0.2) is 18.2 Å². The standard InChI is InChI=1S/C12H15ClN4O/c1-8-15-16-12(17(8)2)7-14-9-4-5-11(18-3)10(13)6-9/h4-6,14H,7H2,1-3H3. The summed E-state index contributed by atoms with van der Waals surface area (Å²) in [5, 5.41) is 11.9. The van der Waals surface area contributed by atoms with E-state index < -0.39 is 0 Å². The Hall–Kier alpha value is -1.75. The van der Waals surface area contributed by atoms with Crippen LogP contribution < -0.4 is 10.1 Å². The molecule has 0 aliphatic heterocycles. The summed E-state index contributed by atoms with van der Waals surface area (Å²) in [7, 11) is 3.53. The molecule has 6 heteroatoms. The molecule has 0 fully saturated rings. The van der Waals surface area contributed by atoms with Gasteiger partial charge >= 0.3 is 0 Å². The summed E-state index contributed by atoms with van der Waals surface area (Å²) in [6.07, 6.45) is 0. The molecule has 5 nitrogen and oxygen atoms in total. The van der Waals surface area contributed by atoms with Crippen molar-refractivity contribution in [1.29, 1.82) is 0 Å². The number of hydrogen-bond acceptors (Lipinski definition) is 4. The molecule has 2 rings (SSSR count). The van der Waals surface area contributed by atoms with E-state index in [4.69, 9.17) is 16.3 Å². The van der Waals surface area contributed by atoms with Gasteiger partial charge in [-0.2, -0.15) is 0 Å². The van der Waals surface area contributed by atoms with Crippen LogP contribution in [0.5, 0.6) is 5.75 Å². The summed E-state index contributed by atoms with van der Waals surface area (Å²) < 4.78 is 7.04. The molecule has 0 spiro atoms. The van der Waals surface area contributed by atoms with Crippen molar-refractivity contribution in [2.24, 2.45) is 7.05 Å². The number of rotatable bonds is 4. The quantitative estimate of drug-likeness (QED) is 0.923. The van der Waals surface area contributed by atoms with Gasteiger partial charge in [0, 0.05) is 12.7 Å². The Morgan fingerprint density at radius 3 is 2.72 bits per heavy atom. The molecule has 0 aliphatic carbocycles. The number of methoxy groups -OCH3 is 1. The van der Waals surface area contributed by atoms with Crippen molar-refractivity contribution >= 4 is 17.3 Å². The number of anilines is 1. The molecule has 18 heavy (non-hydrogen) atoms. The van der Waals surface area contributed by atoms with Crippen LogP contribution in [0.1, 0.15) is 11.6 Å². The van der Waals surface area contributed by atoms with Gasteiger partial charge in [-0.25, -0.2) is 0 Å². The van der Waals surface area contributed by atoms with Gasteiger partial charge in [0.1, 0.15) is 11.6 Å². The number of benzene rings is 1. The van der Waals surface area contributed by atoms with E-state index in [1.54, 1.807) is 7.11 Å². The van der Waals surface area contributed by atoms with E-state index in [-0.39, 0.29) is 0 Å². The Morgan fingerprint density at radius 1 is 1.39 bits per heavy atom. The molecule has 0 saturated heterocycles. The molecule has 1 N–H and O–H groups in total. The Labute approximate surface area is 111 Å². The van der Waals surface area contributed by atoms with Gasteiger partial charge in [0.15, 0.2) is 5.82 Å². The lowest BCUT2D eigenvalue weighted by Gasteiger charge is -2.08. The summed E-state index contributed by atoms with van der Waals surface area (Å²) in [6.45, 7) is 2.51. The minimum absolute atomic E-state index is 0.580. The summed E-state index contributed by atoms with van der Waals surface area (Å²) in [5.74, 6) is 2.43. The first kappa shape index (κ1) is 12.7. The molecule has 0 amide bonds. The van der Waals surface area contributed by atoms with Gasteiger partial charge in [-0.05, 0) is 25.1 Å². The maximum absolute atomic E-state index is 6.05. The van der Waals surface area contributed by atoms with Crippen molar-refractivity contribution in [2.45, 2.75) is 13.5 Å². The number of ether oxygens (including phenoxy) is 1. The number of nitrogens with one attached hydrogen (secondary N) is 1. The van der Waals surface area contributed by atoms with Gasteiger partial charge in [0.2, 0.25) is 0 Å². The van der Waals surface area contributed by atoms with Crippen LogP contribution in [0.3, 0.4) is 0 Å². The van der Waals surface area contributed by atoms with Crippen molar-refractivity contribution in [1.82, 2.24) is 14.8 Å². The molecule has 0 saturated carbocycles. The number of halogens is 1. The summed E-state index contributed by atoms with van der Waals surface area (Å²) in [5.41, 5.74) is 0.918. The van der Waals surface area contributed by atoms with Gasteiger partial charge in [-0.3, -0.25) is 0 Å². The molecule has 0 aliphatic rings. The van der Waals surface area contributed by atoms with Crippen molar-refractivity contribution in [3.63, 3.8) is 0 Å². The molecule has 0 unspecified atom stereocenters. The Bertz CT molecular complexity index is 553. The molecular formula is C12H15ClN4O. The minimum Gasteiger partial charge on any atom is -0.495 e. The lowest BCUT2D eigenvalue weighted by Crippen LogP contribution is -2.06. The Balaban J connectivity index is 2.06. The smallest absolute Gasteiger partial charge is 0.152 e. The molecule has 1 aromatic carbocycles. The number of aryl methyl sites for hydroxylation is 1. The van der Waals surface area contributed by atoms with Gasteiger partial charge < -0.3 is 14.6 Å². The number of nitrogens with zero attached hydrogens (tertiary/aromatic N) is 3. The Morgan fingerprint density at radius 2 is 2.17 bits per heavy atom. The van der Waals surface area contributed by atoms with E-state index in [1.807, 2.05) is 36.7 Å². The monoisotopic (exact) mass is 266 g/mol. The summed E-state index contributed by atoms with van der Waals surface area (Å²) in [6, 6.07) is 5.56. The average molecular weight is 267 g/mol. The van der Waals surface area contributed by atoms with Gasteiger partial charge in [-0.15, -0.1) is 10.2 Å². The van der Waals surface area contributed by atoms with E-state index in [9.17, 15) is 0 Å². The van der Waals surface area contributed by atoms with Gasteiger partial charge in [0.25, 0.3) is 0 Å². The van der Waals surface area contributed by atoms with E-state index in [0.29, 0.717) is 17.3 Å². The van der Waals surface area contributed by atoms with Crippen LogP contribution in [0.2, 0.25) is 5.02 Å². The molecule has 0 atom stereocenters. The van der Waals surface area contributed by atoms with E-state index in [0.717, 1.165) is 17.3 Å². The first-order valence-corrected chi connectivity index (χ1v) is 5.92. The normalized spacial score (nSPS) is 10.4. The predicted molar refractivity (Wildman–Crippen MR) is 71.1 cm³/mol. The third-order valence-corrected chi connectivity index (χ3v) is 3.08. The van der Waals surface area contributed by atoms with Crippen molar-refractivity contribution in [3.8, 4) is 5.75 Å². The van der Waals surface area contributed by atoms with E-state index in [1.165, 1.54) is 0 Å². The average Bonchev–Trinajstić information content (AvgIpc) is 2.68. The number of hydrogen-bond donors (Lipinski definition) is 1. The zero-order chi connectivity index (χ0) is 13.1. The van der Waals surface area contributed by atoms with Crippen LogP contribution in [-0.4, -0.2) is 21.9 Å². The molecule has 2 aromatic rings. The second-order valence-corrected chi connectivity index (χ2v) is 4.33. The first-order valence-electron chi connectivity index (χ1n) is 5.54. The zero-order valence-corrected chi connectivity index (χ0v) is 11.3. The lowest BCUT2D eigenvalue weighted by molar-refractivity contribution is 0.415. The SMILES string of the molecule is COc1ccc(NCc2nnc(C)n2C)cc1Cl. The first-order chi connectivity index (χ1) is 8.61. The highest BCUT2D eigenvalue weighted by atomic mass is 35.5. The van der Waals surface area contributed by atoms with E-state index >= 15 is 0 Å². The third-order valence-electron chi connectivity index (χ3n) is 2.79. The summed E-state index contributed by atoms with van der Waals surface area (Å²) >= 11 is 6.05. The topological polar surface area (TPSA) is 52.0 Å². The highest BCUT2D eigenvalue weighted by molar-refractivity contribution is 6.32. The highest BCUT2D eigenvalue weighted by Gasteiger charge is 2.05. The van der Waals surface area contributed by atoms with Crippen LogP contribution in [-0.2, 0) is 13.6 Å². The molecule has 0 radical (unpaired) electrons. The predicted octanol–water partition coefficient (Wildman–Crippen LogP) is 2.40. The van der Waals surface area contributed by atoms with Crippen LogP contribution in [0.25, 0.3) is 0 Å². The Kier molecular flexibility index (Phi) is 3.72. The van der Waals surface area contributed by atoms with Crippen LogP contribution >= 0.6 is 11.6 Å². The largest absolute Gasteiger partial charge is 0.495 e. The molecule has 1 aromatic heterocycles. The second-order valence-electron chi connectivity index (χ2n) is 3.93. The molecule has 1 heterocycles. The minimum atomic E-state index is 0.580. The van der Waals surface area contributed by atoms with Gasteiger partial charge in [0.05, 0.1) is 18.7 Å². The fraction of sp³-hybridized carbons (Fsp3) is 0.333. The van der Waals surface area contributed by atoms with Crippen molar-refractivity contribution in [3.05, 3.63) is 34.9 Å². The van der Waals surface area contributed by atoms with Crippen LogP contribution in [0.4, 0.5) is 5.69 Å². The second kappa shape index (κ2) is 5.27. The fourth-order valence-corrected chi connectivity index (χ4v) is 1.82. The fourth-order valence-electron chi connectivity index (χ4n) is 1.56. The maximum Gasteiger partial charge on any atom is 0.152 e. The third kappa shape index (κ3) is 2.56. The van der Waals surface area contributed by atoms with E-state index in [2.05, 4.69) is 15.5 Å². The van der Waals surface area contributed by atoms with Gasteiger partial charge in [-0.1, -0.05) is 11.6 Å². The molecular weight excluding hydrogens is 252 g/mol. The zero-order valence-electron chi connectivity index (χ0n) is 10.6. The summed E-state index contributed by atoms with van der Waals surface area (Å²) in [4.78, 5) is 0. The lowest BCUT2D eigenvalue weighted by atomic mass is 10.3. The highest BCUT2D eigenvalue weighted by Crippen LogP contribution is 2.27. The molecule has 96 valence electrons. The van der Waals surface area contributed by atoms with Crippen molar-refractivity contribution < 1.29 is 4.74 Å². The van der Waals surface area contributed by atoms with Crippen molar-refractivity contribution in [2.75, 3.05) is 12.4 Å². The number of aromatic nitrogens is 3. The van der Waals surface area contributed by atoms with Crippen LogP contribution in [0, 0.1) is 6.92 Å². The maximum atomic E-state index is 6.05.